The minimum absolute atomic E-state index is 0.169. The number of rotatable bonds is 20. The van der Waals surface area contributed by atoms with Crippen molar-refractivity contribution in [3.63, 3.8) is 0 Å². The molecule has 0 N–H and O–H groups in total. The van der Waals surface area contributed by atoms with Crippen molar-refractivity contribution in [1.82, 2.24) is 0 Å². The third kappa shape index (κ3) is 15.0. The molecule has 0 saturated heterocycles. The van der Waals surface area contributed by atoms with Crippen molar-refractivity contribution in [1.29, 1.82) is 0 Å². The average molecular weight is 517 g/mol. The summed E-state index contributed by atoms with van der Waals surface area (Å²) in [5.41, 5.74) is 1.18. The Morgan fingerprint density at radius 2 is 1.47 bits per heavy atom. The fourth-order valence-corrected chi connectivity index (χ4v) is 5.07. The minimum Gasteiger partial charge on any atom is -0.497 e. The smallest absolute Gasteiger partial charge is 0.192 e. The zero-order chi connectivity index (χ0) is 26.7. The van der Waals surface area contributed by atoms with Gasteiger partial charge in [-0.15, -0.1) is 0 Å². The normalized spacial score (nSPS) is 13.6. The lowest BCUT2D eigenvalue weighted by atomic mass is 10.1. The highest BCUT2D eigenvalue weighted by atomic mass is 28.4. The van der Waals surface area contributed by atoms with Gasteiger partial charge in [0, 0.05) is 6.61 Å². The Kier molecular flexibility index (Phi) is 17.1. The van der Waals surface area contributed by atoms with Gasteiger partial charge in [0.1, 0.15) is 5.75 Å². The van der Waals surface area contributed by atoms with Gasteiger partial charge in [-0.05, 0) is 74.4 Å². The Hall–Kier alpha value is -1.36. The number of ether oxygens (including phenoxy) is 2. The van der Waals surface area contributed by atoms with Crippen molar-refractivity contribution < 1.29 is 13.9 Å². The SMILES string of the molecule is CCCCCCCC/C=C\CC/C=C/[C@@H](CCCOCc1ccc(OC)cc1)O[Si](C)(C)C(C)(C)C. The maximum atomic E-state index is 6.76. The predicted molar refractivity (Wildman–Crippen MR) is 159 cm³/mol. The molecule has 0 bridgehead atoms. The quantitative estimate of drug-likeness (QED) is 0.0980. The molecule has 0 aliphatic carbocycles. The molecule has 0 amide bonds. The van der Waals surface area contributed by atoms with Crippen LogP contribution < -0.4 is 4.74 Å². The molecular formula is C32H56O3Si. The van der Waals surface area contributed by atoms with E-state index in [1.165, 1.54) is 50.5 Å². The van der Waals surface area contributed by atoms with Gasteiger partial charge in [0.15, 0.2) is 8.32 Å². The van der Waals surface area contributed by atoms with E-state index in [4.69, 9.17) is 13.9 Å². The summed E-state index contributed by atoms with van der Waals surface area (Å²) in [4.78, 5) is 0. The van der Waals surface area contributed by atoms with E-state index in [1.807, 2.05) is 12.1 Å². The predicted octanol–water partition coefficient (Wildman–Crippen LogP) is 10.0. The van der Waals surface area contributed by atoms with E-state index in [0.717, 1.165) is 38.0 Å². The molecule has 1 atom stereocenters. The molecule has 0 fully saturated rings. The van der Waals surface area contributed by atoms with E-state index in [-0.39, 0.29) is 11.1 Å². The summed E-state index contributed by atoms with van der Waals surface area (Å²) < 4.78 is 17.9. The largest absolute Gasteiger partial charge is 0.497 e. The van der Waals surface area contributed by atoms with Crippen molar-refractivity contribution >= 4 is 8.32 Å². The van der Waals surface area contributed by atoms with Crippen LogP contribution in [-0.2, 0) is 15.8 Å². The first-order valence-corrected chi connectivity index (χ1v) is 17.3. The molecule has 1 rings (SSSR count). The molecule has 0 saturated carbocycles. The Morgan fingerprint density at radius 1 is 0.833 bits per heavy atom. The van der Waals surface area contributed by atoms with Crippen molar-refractivity contribution in [2.45, 2.75) is 129 Å². The van der Waals surface area contributed by atoms with Crippen molar-refractivity contribution in [3.05, 3.63) is 54.1 Å². The van der Waals surface area contributed by atoms with E-state index in [1.54, 1.807) is 7.11 Å². The zero-order valence-electron chi connectivity index (χ0n) is 24.6. The summed E-state index contributed by atoms with van der Waals surface area (Å²) in [6.07, 6.45) is 23.2. The van der Waals surface area contributed by atoms with Gasteiger partial charge in [-0.25, -0.2) is 0 Å². The lowest BCUT2D eigenvalue weighted by Crippen LogP contribution is -2.43. The third-order valence-corrected chi connectivity index (χ3v) is 11.7. The molecule has 0 spiro atoms. The lowest BCUT2D eigenvalue weighted by molar-refractivity contribution is 0.107. The first-order valence-electron chi connectivity index (χ1n) is 14.4. The standard InChI is InChI=1S/C32H56O3Si/c1-8-9-10-11-12-13-14-15-16-17-18-19-21-31(35-36(6,7)32(2,3)4)22-20-27-34-28-29-23-25-30(33-5)26-24-29/h15-16,19,21,23-26,31H,8-14,17-18,20,22,27-28H2,1-7H3/b16-15-,21-19+/t31-/m0/s1. The Labute approximate surface area is 224 Å². The van der Waals surface area contributed by atoms with Gasteiger partial charge in [-0.3, -0.25) is 0 Å². The fourth-order valence-electron chi connectivity index (χ4n) is 3.77. The maximum absolute atomic E-state index is 6.76. The number of allylic oxidation sites excluding steroid dienone is 3. The van der Waals surface area contributed by atoms with Gasteiger partial charge in [0.25, 0.3) is 0 Å². The third-order valence-electron chi connectivity index (χ3n) is 7.20. The number of unbranched alkanes of at least 4 members (excludes halogenated alkanes) is 7. The second kappa shape index (κ2) is 18.8. The molecule has 206 valence electrons. The molecule has 36 heavy (non-hydrogen) atoms. The van der Waals surface area contributed by atoms with Crippen LogP contribution >= 0.6 is 0 Å². The van der Waals surface area contributed by atoms with Crippen molar-refractivity contribution in [2.75, 3.05) is 13.7 Å². The van der Waals surface area contributed by atoms with Gasteiger partial charge < -0.3 is 13.9 Å². The van der Waals surface area contributed by atoms with E-state index in [0.29, 0.717) is 6.61 Å². The molecule has 1 aromatic carbocycles. The Balaban J connectivity index is 2.40. The summed E-state index contributed by atoms with van der Waals surface area (Å²) in [7, 11) is -0.128. The van der Waals surface area contributed by atoms with Crippen LogP contribution in [0.15, 0.2) is 48.6 Å². The van der Waals surface area contributed by atoms with Gasteiger partial charge in [0.05, 0.1) is 19.8 Å². The first-order chi connectivity index (χ1) is 17.2. The molecule has 0 radical (unpaired) electrons. The topological polar surface area (TPSA) is 27.7 Å². The van der Waals surface area contributed by atoms with Crippen LogP contribution in [0.2, 0.25) is 18.1 Å². The van der Waals surface area contributed by atoms with E-state index in [9.17, 15) is 0 Å². The van der Waals surface area contributed by atoms with Crippen LogP contribution in [0.25, 0.3) is 0 Å². The monoisotopic (exact) mass is 516 g/mol. The summed E-state index contributed by atoms with van der Waals surface area (Å²) in [6.45, 7) is 15.3. The number of methoxy groups -OCH3 is 1. The number of hydrogen-bond donors (Lipinski definition) is 0. The van der Waals surface area contributed by atoms with Crippen LogP contribution in [0.4, 0.5) is 0 Å². The average Bonchev–Trinajstić information content (AvgIpc) is 2.83. The minimum atomic E-state index is -1.82. The first kappa shape index (κ1) is 32.7. The van der Waals surface area contributed by atoms with Gasteiger partial charge in [-0.2, -0.15) is 0 Å². The van der Waals surface area contributed by atoms with E-state index < -0.39 is 8.32 Å². The van der Waals surface area contributed by atoms with E-state index >= 15 is 0 Å². The van der Waals surface area contributed by atoms with Crippen LogP contribution in [0.1, 0.15) is 104 Å². The Morgan fingerprint density at radius 3 is 2.14 bits per heavy atom. The zero-order valence-corrected chi connectivity index (χ0v) is 25.6. The summed E-state index contributed by atoms with van der Waals surface area (Å²) in [5.74, 6) is 0.879. The molecule has 0 aliphatic heterocycles. The molecule has 0 unspecified atom stereocenters. The van der Waals surface area contributed by atoms with E-state index in [2.05, 4.69) is 77.2 Å². The summed E-state index contributed by atoms with van der Waals surface area (Å²) in [6, 6.07) is 8.09. The Bertz CT molecular complexity index is 716. The van der Waals surface area contributed by atoms with Gasteiger partial charge >= 0.3 is 0 Å². The second-order valence-corrected chi connectivity index (χ2v) is 16.2. The van der Waals surface area contributed by atoms with Crippen LogP contribution in [0, 0.1) is 0 Å². The maximum Gasteiger partial charge on any atom is 0.192 e. The summed E-state index contributed by atoms with van der Waals surface area (Å²) in [5, 5.41) is 0.212. The molecule has 4 heteroatoms. The molecule has 0 aliphatic rings. The van der Waals surface area contributed by atoms with Crippen molar-refractivity contribution in [3.8, 4) is 5.75 Å². The lowest BCUT2D eigenvalue weighted by Gasteiger charge is -2.38. The second-order valence-electron chi connectivity index (χ2n) is 11.5. The van der Waals surface area contributed by atoms with Gasteiger partial charge in [-0.1, -0.05) is 96.2 Å². The number of benzene rings is 1. The fraction of sp³-hybridized carbons (Fsp3) is 0.688. The van der Waals surface area contributed by atoms with Crippen LogP contribution in [0.3, 0.4) is 0 Å². The molecular weight excluding hydrogens is 460 g/mol. The highest BCUT2D eigenvalue weighted by Gasteiger charge is 2.38. The summed E-state index contributed by atoms with van der Waals surface area (Å²) >= 11 is 0. The number of hydrogen-bond acceptors (Lipinski definition) is 3. The molecule has 0 aromatic heterocycles. The van der Waals surface area contributed by atoms with Crippen LogP contribution in [-0.4, -0.2) is 28.1 Å². The molecule has 3 nitrogen and oxygen atoms in total. The van der Waals surface area contributed by atoms with Crippen molar-refractivity contribution in [2.24, 2.45) is 0 Å². The molecule has 0 heterocycles. The highest BCUT2D eigenvalue weighted by Crippen LogP contribution is 2.38. The van der Waals surface area contributed by atoms with Crippen LogP contribution in [0.5, 0.6) is 5.75 Å². The molecule has 1 aromatic rings. The van der Waals surface area contributed by atoms with Gasteiger partial charge in [0.2, 0.25) is 0 Å². The highest BCUT2D eigenvalue weighted by molar-refractivity contribution is 6.74.